The zero-order chi connectivity index (χ0) is 10.7. The van der Waals surface area contributed by atoms with E-state index in [9.17, 15) is 4.79 Å². The summed E-state index contributed by atoms with van der Waals surface area (Å²) in [4.78, 5) is 16.0. The van der Waals surface area contributed by atoms with Crippen LogP contribution >= 0.6 is 11.3 Å². The third-order valence-corrected chi connectivity index (χ3v) is 3.20. The molecule has 15 heavy (non-hydrogen) atoms. The Morgan fingerprint density at radius 3 is 2.67 bits per heavy atom. The van der Waals surface area contributed by atoms with E-state index in [1.54, 1.807) is 11.3 Å². The fourth-order valence-electron chi connectivity index (χ4n) is 1.47. The third-order valence-electron chi connectivity index (χ3n) is 2.29. The van der Waals surface area contributed by atoms with Crippen LogP contribution in [0.4, 0.5) is 0 Å². The van der Waals surface area contributed by atoms with E-state index in [-0.39, 0.29) is 0 Å². The van der Waals surface area contributed by atoms with E-state index < -0.39 is 0 Å². The van der Waals surface area contributed by atoms with Gasteiger partial charge >= 0.3 is 0 Å². The minimum Gasteiger partial charge on any atom is -0.298 e. The smallest absolute Gasteiger partial charge is 0.150 e. The van der Waals surface area contributed by atoms with Gasteiger partial charge in [0.15, 0.2) is 0 Å². The Morgan fingerprint density at radius 1 is 1.33 bits per heavy atom. The molecule has 0 radical (unpaired) electrons. The van der Waals surface area contributed by atoms with Crippen LogP contribution < -0.4 is 0 Å². The van der Waals surface area contributed by atoms with E-state index in [0.29, 0.717) is 5.56 Å². The summed E-state index contributed by atoms with van der Waals surface area (Å²) < 4.78 is 0. The molecule has 1 aromatic heterocycles. The maximum absolute atomic E-state index is 10.5. The first-order chi connectivity index (χ1) is 7.35. The SMILES string of the molecule is CCc1ncsc1-c1ccc(C=O)cc1. The number of aldehydes is 1. The lowest BCUT2D eigenvalue weighted by Gasteiger charge is -2.00. The Kier molecular flexibility index (Phi) is 2.92. The van der Waals surface area contributed by atoms with Gasteiger partial charge in [-0.25, -0.2) is 4.98 Å². The summed E-state index contributed by atoms with van der Waals surface area (Å²) in [6, 6.07) is 7.61. The van der Waals surface area contributed by atoms with Crippen molar-refractivity contribution in [2.75, 3.05) is 0 Å². The lowest BCUT2D eigenvalue weighted by atomic mass is 10.1. The molecule has 0 fully saturated rings. The van der Waals surface area contributed by atoms with Gasteiger partial charge in [0.25, 0.3) is 0 Å². The predicted molar refractivity (Wildman–Crippen MR) is 62.3 cm³/mol. The lowest BCUT2D eigenvalue weighted by molar-refractivity contribution is 0.112. The van der Waals surface area contributed by atoms with Gasteiger partial charge in [-0.1, -0.05) is 31.2 Å². The molecule has 0 aliphatic heterocycles. The zero-order valence-electron chi connectivity index (χ0n) is 8.43. The van der Waals surface area contributed by atoms with Gasteiger partial charge in [0, 0.05) is 5.56 Å². The maximum atomic E-state index is 10.5. The minimum absolute atomic E-state index is 0.710. The molecule has 1 aromatic carbocycles. The first-order valence-corrected chi connectivity index (χ1v) is 5.71. The monoisotopic (exact) mass is 217 g/mol. The molecule has 0 N–H and O–H groups in total. The van der Waals surface area contributed by atoms with Crippen LogP contribution in [0.2, 0.25) is 0 Å². The van der Waals surface area contributed by atoms with Crippen LogP contribution in [-0.4, -0.2) is 11.3 Å². The highest BCUT2D eigenvalue weighted by atomic mass is 32.1. The highest BCUT2D eigenvalue weighted by Gasteiger charge is 2.06. The Balaban J connectivity index is 2.41. The van der Waals surface area contributed by atoms with Gasteiger partial charge < -0.3 is 0 Å². The summed E-state index contributed by atoms with van der Waals surface area (Å²) in [6.45, 7) is 2.10. The van der Waals surface area contributed by atoms with Crippen molar-refractivity contribution in [3.05, 3.63) is 41.0 Å². The molecule has 2 nitrogen and oxygen atoms in total. The molecule has 0 amide bonds. The average molecular weight is 217 g/mol. The molecule has 0 atom stereocenters. The second-order valence-corrected chi connectivity index (χ2v) is 4.08. The number of carbonyl (C=O) groups is 1. The second kappa shape index (κ2) is 4.36. The average Bonchev–Trinajstić information content (AvgIpc) is 2.77. The Hall–Kier alpha value is -1.48. The van der Waals surface area contributed by atoms with Gasteiger partial charge in [-0.15, -0.1) is 11.3 Å². The van der Waals surface area contributed by atoms with Crippen LogP contribution in [0.1, 0.15) is 23.0 Å². The molecule has 0 aliphatic rings. The van der Waals surface area contributed by atoms with E-state index in [4.69, 9.17) is 0 Å². The van der Waals surface area contributed by atoms with Crippen molar-refractivity contribution < 1.29 is 4.79 Å². The number of thiazole rings is 1. The molecule has 0 bridgehead atoms. The van der Waals surface area contributed by atoms with Gasteiger partial charge in [-0.2, -0.15) is 0 Å². The first-order valence-electron chi connectivity index (χ1n) is 4.83. The summed E-state index contributed by atoms with van der Waals surface area (Å²) in [7, 11) is 0. The summed E-state index contributed by atoms with van der Waals surface area (Å²) in [5, 5.41) is 0. The van der Waals surface area contributed by atoms with E-state index in [1.807, 2.05) is 29.8 Å². The maximum Gasteiger partial charge on any atom is 0.150 e. The topological polar surface area (TPSA) is 30.0 Å². The van der Waals surface area contributed by atoms with Crippen molar-refractivity contribution >= 4 is 17.6 Å². The molecule has 2 aromatic rings. The molecule has 0 aliphatic carbocycles. The summed E-state index contributed by atoms with van der Waals surface area (Å²) >= 11 is 1.64. The number of carbonyl (C=O) groups excluding carboxylic acids is 1. The van der Waals surface area contributed by atoms with Crippen LogP contribution in [0.25, 0.3) is 10.4 Å². The molecular formula is C12H11NOS. The third kappa shape index (κ3) is 1.97. The Bertz CT molecular complexity index is 459. The van der Waals surface area contributed by atoms with Gasteiger partial charge in [-0.05, 0) is 12.0 Å². The van der Waals surface area contributed by atoms with E-state index in [2.05, 4.69) is 11.9 Å². The van der Waals surface area contributed by atoms with Gasteiger partial charge in [0.2, 0.25) is 0 Å². The largest absolute Gasteiger partial charge is 0.298 e. The fraction of sp³-hybridized carbons (Fsp3) is 0.167. The normalized spacial score (nSPS) is 10.2. The molecule has 0 unspecified atom stereocenters. The molecular weight excluding hydrogens is 206 g/mol. The van der Waals surface area contributed by atoms with Crippen LogP contribution in [0.3, 0.4) is 0 Å². The summed E-state index contributed by atoms with van der Waals surface area (Å²) in [5.74, 6) is 0. The minimum atomic E-state index is 0.710. The fourth-order valence-corrected chi connectivity index (χ4v) is 2.36. The van der Waals surface area contributed by atoms with E-state index in [1.165, 1.54) is 4.88 Å². The number of hydrogen-bond acceptors (Lipinski definition) is 3. The highest BCUT2D eigenvalue weighted by molar-refractivity contribution is 7.13. The first kappa shape index (κ1) is 10.1. The van der Waals surface area contributed by atoms with Crippen molar-refractivity contribution in [2.24, 2.45) is 0 Å². The molecule has 3 heteroatoms. The number of rotatable bonds is 3. The quantitative estimate of drug-likeness (QED) is 0.739. The van der Waals surface area contributed by atoms with Crippen molar-refractivity contribution in [3.8, 4) is 10.4 Å². The second-order valence-electron chi connectivity index (χ2n) is 3.22. The van der Waals surface area contributed by atoms with Crippen molar-refractivity contribution in [1.29, 1.82) is 0 Å². The van der Waals surface area contributed by atoms with Gasteiger partial charge in [0.05, 0.1) is 16.1 Å². The molecule has 0 saturated heterocycles. The van der Waals surface area contributed by atoms with E-state index in [0.717, 1.165) is 24.0 Å². The zero-order valence-corrected chi connectivity index (χ0v) is 9.25. The van der Waals surface area contributed by atoms with Crippen molar-refractivity contribution in [1.82, 2.24) is 4.98 Å². The number of aromatic nitrogens is 1. The van der Waals surface area contributed by atoms with Crippen LogP contribution in [0.15, 0.2) is 29.8 Å². The summed E-state index contributed by atoms with van der Waals surface area (Å²) in [5.41, 5.74) is 4.84. The summed E-state index contributed by atoms with van der Waals surface area (Å²) in [6.07, 6.45) is 1.80. The van der Waals surface area contributed by atoms with Gasteiger partial charge in [-0.3, -0.25) is 4.79 Å². The molecule has 2 rings (SSSR count). The van der Waals surface area contributed by atoms with Crippen LogP contribution in [0.5, 0.6) is 0 Å². The Labute approximate surface area is 92.6 Å². The molecule has 0 saturated carbocycles. The predicted octanol–water partition coefficient (Wildman–Crippen LogP) is 3.19. The number of benzene rings is 1. The van der Waals surface area contributed by atoms with E-state index >= 15 is 0 Å². The van der Waals surface area contributed by atoms with Crippen molar-refractivity contribution in [3.63, 3.8) is 0 Å². The number of nitrogens with zero attached hydrogens (tertiary/aromatic N) is 1. The highest BCUT2D eigenvalue weighted by Crippen LogP contribution is 2.27. The lowest BCUT2D eigenvalue weighted by Crippen LogP contribution is -1.84. The van der Waals surface area contributed by atoms with Gasteiger partial charge in [0.1, 0.15) is 6.29 Å². The van der Waals surface area contributed by atoms with Crippen molar-refractivity contribution in [2.45, 2.75) is 13.3 Å². The van der Waals surface area contributed by atoms with Crippen LogP contribution in [-0.2, 0) is 6.42 Å². The Morgan fingerprint density at radius 2 is 2.07 bits per heavy atom. The standard InChI is InChI=1S/C12H11NOS/c1-2-11-12(15-8-13-11)10-5-3-9(7-14)4-6-10/h3-8H,2H2,1H3. The molecule has 1 heterocycles. The number of hydrogen-bond donors (Lipinski definition) is 0. The number of aryl methyl sites for hydroxylation is 1. The van der Waals surface area contributed by atoms with Crippen LogP contribution in [0, 0.1) is 0 Å². The molecule has 76 valence electrons. The molecule has 0 spiro atoms.